The normalized spacial score (nSPS) is 10.9. The second kappa shape index (κ2) is 8.37. The zero-order valence-electron chi connectivity index (χ0n) is 16.2. The van der Waals surface area contributed by atoms with Crippen LogP contribution in [0.5, 0.6) is 0 Å². The summed E-state index contributed by atoms with van der Waals surface area (Å²) in [4.78, 5) is 17.2. The van der Waals surface area contributed by atoms with Gasteiger partial charge in [-0.1, -0.05) is 40.5 Å². The highest BCUT2D eigenvalue weighted by molar-refractivity contribution is 6.42. The molecule has 1 N–H and O–H groups in total. The van der Waals surface area contributed by atoms with Crippen LogP contribution in [0.1, 0.15) is 10.6 Å². The smallest absolute Gasteiger partial charge is 0.291 e. The Labute approximate surface area is 191 Å². The molecule has 0 atom stereocenters. The molecular weight excluding hydrogens is 453 g/mol. The lowest BCUT2D eigenvalue weighted by Gasteiger charge is -2.07. The van der Waals surface area contributed by atoms with Crippen LogP contribution in [0.4, 0.5) is 5.69 Å². The molecule has 32 heavy (non-hydrogen) atoms. The van der Waals surface area contributed by atoms with Crippen LogP contribution in [0, 0.1) is 0 Å². The number of nitrogens with one attached hydrogen (secondary N) is 1. The van der Waals surface area contributed by atoms with Crippen LogP contribution in [-0.4, -0.2) is 16.0 Å². The van der Waals surface area contributed by atoms with Gasteiger partial charge in [0.2, 0.25) is 5.82 Å². The molecule has 0 saturated carbocycles. The van der Waals surface area contributed by atoms with Gasteiger partial charge in [-0.3, -0.25) is 4.79 Å². The second-order valence-electron chi connectivity index (χ2n) is 6.69. The summed E-state index contributed by atoms with van der Waals surface area (Å²) in [6.07, 6.45) is 1.52. The van der Waals surface area contributed by atoms with Gasteiger partial charge in [0, 0.05) is 5.56 Å². The van der Waals surface area contributed by atoms with Gasteiger partial charge in [0.05, 0.1) is 27.6 Å². The van der Waals surface area contributed by atoms with Gasteiger partial charge >= 0.3 is 0 Å². The van der Waals surface area contributed by atoms with Gasteiger partial charge in [0.1, 0.15) is 5.76 Å². The lowest BCUT2D eigenvalue weighted by Crippen LogP contribution is -2.11. The first-order valence-corrected chi connectivity index (χ1v) is 10.2. The number of carbonyl (C=O) groups excluding carboxylic acids is 1. The molecule has 0 aliphatic rings. The molecule has 0 spiro atoms. The van der Waals surface area contributed by atoms with E-state index < -0.39 is 5.91 Å². The first-order chi connectivity index (χ1) is 15.6. The van der Waals surface area contributed by atoms with Crippen LogP contribution in [0.25, 0.3) is 34.4 Å². The van der Waals surface area contributed by atoms with Crippen LogP contribution in [0.2, 0.25) is 10.0 Å². The van der Waals surface area contributed by atoms with Gasteiger partial charge < -0.3 is 18.7 Å². The van der Waals surface area contributed by atoms with E-state index in [1.807, 2.05) is 0 Å². The number of halogens is 2. The summed E-state index contributed by atoms with van der Waals surface area (Å²) in [5, 5.41) is 7.59. The molecule has 5 rings (SSSR count). The summed E-state index contributed by atoms with van der Waals surface area (Å²) in [6, 6.07) is 18.9. The minimum Gasteiger partial charge on any atom is -0.461 e. The van der Waals surface area contributed by atoms with E-state index in [2.05, 4.69) is 15.5 Å². The molecule has 0 unspecified atom stereocenters. The van der Waals surface area contributed by atoms with Crippen molar-refractivity contribution in [3.05, 3.63) is 88.8 Å². The Hall–Kier alpha value is -3.81. The van der Waals surface area contributed by atoms with Crippen molar-refractivity contribution >= 4 is 34.8 Å². The predicted octanol–water partition coefficient (Wildman–Crippen LogP) is 6.82. The monoisotopic (exact) mass is 465 g/mol. The van der Waals surface area contributed by atoms with Gasteiger partial charge in [-0.05, 0) is 54.6 Å². The fourth-order valence-corrected chi connectivity index (χ4v) is 3.36. The van der Waals surface area contributed by atoms with E-state index in [1.54, 1.807) is 66.7 Å². The van der Waals surface area contributed by atoms with Crippen LogP contribution in [0.3, 0.4) is 0 Å². The SMILES string of the molecule is O=C(Nc1ccccc1-c1nc(-c2ccco2)no1)c1ccc(-c2ccc(Cl)c(Cl)c2)o1. The van der Waals surface area contributed by atoms with Gasteiger partial charge in [0.15, 0.2) is 11.5 Å². The number of rotatable bonds is 5. The zero-order chi connectivity index (χ0) is 22.1. The minimum absolute atomic E-state index is 0.127. The number of hydrogen-bond acceptors (Lipinski definition) is 6. The number of amides is 1. The van der Waals surface area contributed by atoms with E-state index in [1.165, 1.54) is 6.26 Å². The van der Waals surface area contributed by atoms with Gasteiger partial charge in [-0.25, -0.2) is 0 Å². The standard InChI is InChI=1S/C23H13Cl2N3O4/c24-15-8-7-13(12-16(15)25)18-9-10-20(31-18)22(29)26-17-5-2-1-4-14(17)23-27-21(28-32-23)19-6-3-11-30-19/h1-12H,(H,26,29). The Kier molecular flexibility index (Phi) is 5.26. The number of benzene rings is 2. The molecule has 7 nitrogen and oxygen atoms in total. The maximum Gasteiger partial charge on any atom is 0.291 e. The molecule has 158 valence electrons. The summed E-state index contributed by atoms with van der Waals surface area (Å²) >= 11 is 12.0. The molecule has 0 aliphatic heterocycles. The van der Waals surface area contributed by atoms with Gasteiger partial charge in [0.25, 0.3) is 11.8 Å². The summed E-state index contributed by atoms with van der Waals surface area (Å²) in [5.41, 5.74) is 1.75. The average Bonchev–Trinajstić information content (AvgIpc) is 3.57. The summed E-state index contributed by atoms with van der Waals surface area (Å²) < 4.78 is 16.4. The molecular formula is C23H13Cl2N3O4. The summed E-state index contributed by atoms with van der Waals surface area (Å²) in [6.45, 7) is 0. The quantitative estimate of drug-likeness (QED) is 0.306. The zero-order valence-corrected chi connectivity index (χ0v) is 17.7. The van der Waals surface area contributed by atoms with Crippen molar-refractivity contribution < 1.29 is 18.2 Å². The Morgan fingerprint density at radius 1 is 0.906 bits per heavy atom. The van der Waals surface area contributed by atoms with Crippen molar-refractivity contribution in [1.29, 1.82) is 0 Å². The number of nitrogens with zero attached hydrogens (tertiary/aromatic N) is 2. The first kappa shape index (κ1) is 20.1. The Morgan fingerprint density at radius 2 is 1.78 bits per heavy atom. The van der Waals surface area contributed by atoms with E-state index in [4.69, 9.17) is 36.6 Å². The second-order valence-corrected chi connectivity index (χ2v) is 7.51. The number of aromatic nitrogens is 2. The van der Waals surface area contributed by atoms with Crippen LogP contribution in [0.15, 0.2) is 86.4 Å². The van der Waals surface area contributed by atoms with E-state index in [0.717, 1.165) is 0 Å². The molecule has 0 aliphatic carbocycles. The van der Waals surface area contributed by atoms with Crippen molar-refractivity contribution in [1.82, 2.24) is 10.1 Å². The van der Waals surface area contributed by atoms with Crippen molar-refractivity contribution in [3.63, 3.8) is 0 Å². The van der Waals surface area contributed by atoms with E-state index >= 15 is 0 Å². The molecule has 5 aromatic rings. The van der Waals surface area contributed by atoms with Crippen molar-refractivity contribution in [2.45, 2.75) is 0 Å². The third-order valence-electron chi connectivity index (χ3n) is 4.61. The fourth-order valence-electron chi connectivity index (χ4n) is 3.07. The lowest BCUT2D eigenvalue weighted by atomic mass is 10.1. The number of furan rings is 2. The number of hydrogen-bond donors (Lipinski definition) is 1. The molecule has 0 radical (unpaired) electrons. The molecule has 1 amide bonds. The number of anilines is 1. The fraction of sp³-hybridized carbons (Fsp3) is 0. The maximum absolute atomic E-state index is 12.8. The van der Waals surface area contributed by atoms with Crippen LogP contribution in [-0.2, 0) is 0 Å². The predicted molar refractivity (Wildman–Crippen MR) is 120 cm³/mol. The molecule has 2 aromatic carbocycles. The maximum atomic E-state index is 12.8. The van der Waals surface area contributed by atoms with E-state index in [0.29, 0.717) is 44.2 Å². The Morgan fingerprint density at radius 3 is 2.59 bits per heavy atom. The van der Waals surface area contributed by atoms with E-state index in [-0.39, 0.29) is 11.7 Å². The first-order valence-electron chi connectivity index (χ1n) is 9.42. The Bertz CT molecular complexity index is 1410. The third kappa shape index (κ3) is 3.91. The Balaban J connectivity index is 1.39. The van der Waals surface area contributed by atoms with E-state index in [9.17, 15) is 4.79 Å². The number of para-hydroxylation sites is 1. The van der Waals surface area contributed by atoms with Crippen molar-refractivity contribution in [2.24, 2.45) is 0 Å². The van der Waals surface area contributed by atoms with Gasteiger partial charge in [-0.15, -0.1) is 0 Å². The molecule has 0 fully saturated rings. The van der Waals surface area contributed by atoms with Gasteiger partial charge in [-0.2, -0.15) is 4.98 Å². The minimum atomic E-state index is -0.436. The lowest BCUT2D eigenvalue weighted by molar-refractivity contribution is 0.0997. The summed E-state index contributed by atoms with van der Waals surface area (Å²) in [5.74, 6) is 1.21. The highest BCUT2D eigenvalue weighted by atomic mass is 35.5. The van der Waals surface area contributed by atoms with Crippen LogP contribution < -0.4 is 5.32 Å². The van der Waals surface area contributed by atoms with Crippen LogP contribution >= 0.6 is 23.2 Å². The molecule has 3 aromatic heterocycles. The average molecular weight is 466 g/mol. The highest BCUT2D eigenvalue weighted by Gasteiger charge is 2.19. The molecule has 9 heteroatoms. The third-order valence-corrected chi connectivity index (χ3v) is 5.35. The largest absolute Gasteiger partial charge is 0.461 e. The van der Waals surface area contributed by atoms with Crippen molar-refractivity contribution in [2.75, 3.05) is 5.32 Å². The summed E-state index contributed by atoms with van der Waals surface area (Å²) in [7, 11) is 0. The molecule has 0 bridgehead atoms. The van der Waals surface area contributed by atoms with Crippen molar-refractivity contribution in [3.8, 4) is 34.4 Å². The molecule has 3 heterocycles. The highest BCUT2D eigenvalue weighted by Crippen LogP contribution is 2.31. The molecule has 0 saturated heterocycles. The topological polar surface area (TPSA) is 94.3 Å². The number of carbonyl (C=O) groups is 1.